The normalized spacial score (nSPS) is 11.4. The highest BCUT2D eigenvalue weighted by molar-refractivity contribution is 7.89. The van der Waals surface area contributed by atoms with Crippen LogP contribution in [0.2, 0.25) is 0 Å². The number of phenols is 1. The summed E-state index contributed by atoms with van der Waals surface area (Å²) in [5, 5.41) is 9.58. The molecular weight excluding hydrogens is 314 g/mol. The van der Waals surface area contributed by atoms with Gasteiger partial charge in [-0.3, -0.25) is 0 Å². The molecule has 0 aliphatic heterocycles. The number of para-hydroxylation sites is 2. The van der Waals surface area contributed by atoms with Crippen LogP contribution in [-0.2, 0) is 10.0 Å². The van der Waals surface area contributed by atoms with Gasteiger partial charge in [-0.25, -0.2) is 13.1 Å². The fourth-order valence-electron chi connectivity index (χ4n) is 2.58. The lowest BCUT2D eigenvalue weighted by Gasteiger charge is -2.13. The third-order valence-corrected chi connectivity index (χ3v) is 5.16. The van der Waals surface area contributed by atoms with Crippen molar-refractivity contribution in [2.24, 2.45) is 0 Å². The van der Waals surface area contributed by atoms with Crippen molar-refractivity contribution >= 4 is 10.0 Å². The summed E-state index contributed by atoms with van der Waals surface area (Å²) in [5.74, 6) is 0.356. The second-order valence-electron chi connectivity index (χ2n) is 5.44. The van der Waals surface area contributed by atoms with Crippen LogP contribution in [-0.4, -0.2) is 26.7 Å². The number of ether oxygens (including phenoxy) is 1. The standard InChI is InChI=1S/C17H21NO4S/c1-12-10-13(2)17(14(3)11-12)23(20,21)18-8-9-22-16-7-5-4-6-15(16)19/h4-7,10-11,18-19H,8-9H2,1-3H3. The Hall–Kier alpha value is -2.05. The van der Waals surface area contributed by atoms with E-state index in [1.54, 1.807) is 32.0 Å². The Morgan fingerprint density at radius 1 is 1.09 bits per heavy atom. The van der Waals surface area contributed by atoms with E-state index in [1.165, 1.54) is 6.07 Å². The van der Waals surface area contributed by atoms with Crippen LogP contribution in [0.3, 0.4) is 0 Å². The molecule has 6 heteroatoms. The molecule has 0 aliphatic carbocycles. The number of hydrogen-bond acceptors (Lipinski definition) is 4. The molecule has 2 rings (SSSR count). The van der Waals surface area contributed by atoms with E-state index in [2.05, 4.69) is 4.72 Å². The molecule has 0 bridgehead atoms. The number of aryl methyl sites for hydroxylation is 3. The van der Waals surface area contributed by atoms with Crippen molar-refractivity contribution in [2.75, 3.05) is 13.2 Å². The van der Waals surface area contributed by atoms with Gasteiger partial charge in [-0.1, -0.05) is 29.8 Å². The summed E-state index contributed by atoms with van der Waals surface area (Å²) in [6.07, 6.45) is 0. The van der Waals surface area contributed by atoms with E-state index in [0.717, 1.165) is 16.7 Å². The van der Waals surface area contributed by atoms with E-state index >= 15 is 0 Å². The average Bonchev–Trinajstić information content (AvgIpc) is 2.43. The molecule has 0 atom stereocenters. The largest absolute Gasteiger partial charge is 0.504 e. The summed E-state index contributed by atoms with van der Waals surface area (Å²) < 4.78 is 32.8. The molecule has 2 N–H and O–H groups in total. The van der Waals surface area contributed by atoms with Gasteiger partial charge in [0.1, 0.15) is 6.61 Å². The highest BCUT2D eigenvalue weighted by Crippen LogP contribution is 2.24. The lowest BCUT2D eigenvalue weighted by Crippen LogP contribution is -2.29. The molecule has 2 aromatic carbocycles. The highest BCUT2D eigenvalue weighted by atomic mass is 32.2. The first-order valence-corrected chi connectivity index (χ1v) is 8.78. The van der Waals surface area contributed by atoms with Crippen LogP contribution in [0, 0.1) is 20.8 Å². The summed E-state index contributed by atoms with van der Waals surface area (Å²) in [4.78, 5) is 0.311. The fourth-order valence-corrected chi connectivity index (χ4v) is 4.04. The molecule has 0 amide bonds. The van der Waals surface area contributed by atoms with E-state index in [-0.39, 0.29) is 18.9 Å². The monoisotopic (exact) mass is 335 g/mol. The van der Waals surface area contributed by atoms with Crippen molar-refractivity contribution in [1.82, 2.24) is 4.72 Å². The highest BCUT2D eigenvalue weighted by Gasteiger charge is 2.19. The fraction of sp³-hybridized carbons (Fsp3) is 0.294. The number of sulfonamides is 1. The molecule has 124 valence electrons. The van der Waals surface area contributed by atoms with E-state index in [1.807, 2.05) is 19.1 Å². The van der Waals surface area contributed by atoms with Crippen LogP contribution in [0.25, 0.3) is 0 Å². The predicted molar refractivity (Wildman–Crippen MR) is 89.4 cm³/mol. The first kappa shape index (κ1) is 17.3. The molecule has 0 saturated carbocycles. The molecule has 5 nitrogen and oxygen atoms in total. The molecular formula is C17H21NO4S. The summed E-state index contributed by atoms with van der Waals surface area (Å²) in [6, 6.07) is 10.3. The number of aromatic hydroxyl groups is 1. The van der Waals surface area contributed by atoms with Crippen LogP contribution in [0.4, 0.5) is 0 Å². The Balaban J connectivity index is 2.02. The van der Waals surface area contributed by atoms with E-state index in [9.17, 15) is 13.5 Å². The van der Waals surface area contributed by atoms with Crippen molar-refractivity contribution in [3.63, 3.8) is 0 Å². The molecule has 2 aromatic rings. The molecule has 0 aromatic heterocycles. The second kappa shape index (κ2) is 7.02. The van der Waals surface area contributed by atoms with Crippen molar-refractivity contribution in [2.45, 2.75) is 25.7 Å². The van der Waals surface area contributed by atoms with Gasteiger partial charge in [0, 0.05) is 6.54 Å². The zero-order valence-corrected chi connectivity index (χ0v) is 14.3. The van der Waals surface area contributed by atoms with Gasteiger partial charge in [0.05, 0.1) is 4.90 Å². The van der Waals surface area contributed by atoms with Crippen LogP contribution in [0.1, 0.15) is 16.7 Å². The summed E-state index contributed by atoms with van der Waals surface area (Å²) in [7, 11) is -3.60. The van der Waals surface area contributed by atoms with Crippen LogP contribution in [0.5, 0.6) is 11.5 Å². The lowest BCUT2D eigenvalue weighted by molar-refractivity contribution is 0.304. The summed E-state index contributed by atoms with van der Waals surface area (Å²) >= 11 is 0. The van der Waals surface area contributed by atoms with Crippen molar-refractivity contribution in [3.05, 3.63) is 53.1 Å². The van der Waals surface area contributed by atoms with Crippen molar-refractivity contribution in [3.8, 4) is 11.5 Å². The van der Waals surface area contributed by atoms with Gasteiger partial charge in [0.25, 0.3) is 0 Å². The second-order valence-corrected chi connectivity index (χ2v) is 7.15. The van der Waals surface area contributed by atoms with Gasteiger partial charge in [-0.05, 0) is 44.0 Å². The zero-order chi connectivity index (χ0) is 17.0. The Morgan fingerprint density at radius 3 is 2.30 bits per heavy atom. The number of nitrogens with one attached hydrogen (secondary N) is 1. The predicted octanol–water partition coefficient (Wildman–Crippen LogP) is 2.67. The maximum absolute atomic E-state index is 12.4. The smallest absolute Gasteiger partial charge is 0.241 e. The van der Waals surface area contributed by atoms with Gasteiger partial charge < -0.3 is 9.84 Å². The molecule has 0 aliphatic rings. The number of rotatable bonds is 6. The molecule has 0 unspecified atom stereocenters. The molecule has 0 saturated heterocycles. The first-order valence-electron chi connectivity index (χ1n) is 7.29. The minimum Gasteiger partial charge on any atom is -0.504 e. The van der Waals surface area contributed by atoms with Crippen LogP contribution < -0.4 is 9.46 Å². The third-order valence-electron chi connectivity index (χ3n) is 3.39. The summed E-state index contributed by atoms with van der Waals surface area (Å²) in [6.45, 7) is 5.74. The first-order chi connectivity index (χ1) is 10.8. The third kappa shape index (κ3) is 4.24. The Bertz CT molecular complexity index is 777. The van der Waals surface area contributed by atoms with Gasteiger partial charge in [-0.15, -0.1) is 0 Å². The van der Waals surface area contributed by atoms with Gasteiger partial charge in [-0.2, -0.15) is 0 Å². The van der Waals surface area contributed by atoms with Crippen molar-refractivity contribution < 1.29 is 18.3 Å². The maximum Gasteiger partial charge on any atom is 0.241 e. The minimum absolute atomic E-state index is 0.0283. The minimum atomic E-state index is -3.60. The Labute approximate surface area is 137 Å². The van der Waals surface area contributed by atoms with Crippen LogP contribution in [0.15, 0.2) is 41.3 Å². The lowest BCUT2D eigenvalue weighted by atomic mass is 10.1. The Kier molecular flexibility index (Phi) is 5.28. The van der Waals surface area contributed by atoms with E-state index < -0.39 is 10.0 Å². The van der Waals surface area contributed by atoms with E-state index in [0.29, 0.717) is 10.6 Å². The maximum atomic E-state index is 12.4. The topological polar surface area (TPSA) is 75.6 Å². The molecule has 0 radical (unpaired) electrons. The quantitative estimate of drug-likeness (QED) is 0.796. The van der Waals surface area contributed by atoms with Crippen LogP contribution >= 0.6 is 0 Å². The number of phenolic OH excluding ortho intramolecular Hbond substituents is 1. The molecule has 0 spiro atoms. The molecule has 23 heavy (non-hydrogen) atoms. The average molecular weight is 335 g/mol. The van der Waals surface area contributed by atoms with Gasteiger partial charge in [0.2, 0.25) is 10.0 Å². The summed E-state index contributed by atoms with van der Waals surface area (Å²) in [5.41, 5.74) is 2.47. The zero-order valence-electron chi connectivity index (χ0n) is 13.5. The molecule has 0 fully saturated rings. The van der Waals surface area contributed by atoms with E-state index in [4.69, 9.17) is 4.74 Å². The van der Waals surface area contributed by atoms with Gasteiger partial charge >= 0.3 is 0 Å². The van der Waals surface area contributed by atoms with Gasteiger partial charge in [0.15, 0.2) is 11.5 Å². The molecule has 0 heterocycles. The van der Waals surface area contributed by atoms with Crippen molar-refractivity contribution in [1.29, 1.82) is 0 Å². The Morgan fingerprint density at radius 2 is 1.70 bits per heavy atom. The SMILES string of the molecule is Cc1cc(C)c(S(=O)(=O)NCCOc2ccccc2O)c(C)c1. The number of benzene rings is 2. The number of hydrogen-bond donors (Lipinski definition) is 2.